The number of carbonyl (C=O) groups is 2. The van der Waals surface area contributed by atoms with Crippen molar-refractivity contribution in [2.75, 3.05) is 33.4 Å². The number of nitrogens with zero attached hydrogens (tertiary/aromatic N) is 2. The molecular weight excluding hydrogens is 392 g/mol. The molecule has 1 fully saturated rings. The lowest BCUT2D eigenvalue weighted by Crippen LogP contribution is -2.40. The SMILES string of the molecule is COC(=O)c1cccc(CCCCn2cc(C(=O)N3CCOCC3)c3ccccc32)c1. The molecule has 0 unspecified atom stereocenters. The summed E-state index contributed by atoms with van der Waals surface area (Å²) in [7, 11) is 1.40. The Kier molecular flexibility index (Phi) is 6.67. The quantitative estimate of drug-likeness (QED) is 0.429. The van der Waals surface area contributed by atoms with Crippen molar-refractivity contribution in [1.29, 1.82) is 0 Å². The van der Waals surface area contributed by atoms with Gasteiger partial charge in [0.15, 0.2) is 0 Å². The van der Waals surface area contributed by atoms with Crippen LogP contribution in [0.5, 0.6) is 0 Å². The van der Waals surface area contributed by atoms with Gasteiger partial charge in [-0.2, -0.15) is 0 Å². The summed E-state index contributed by atoms with van der Waals surface area (Å²) in [5.41, 5.74) is 3.57. The fourth-order valence-electron chi connectivity index (χ4n) is 4.12. The summed E-state index contributed by atoms with van der Waals surface area (Å²) in [6, 6.07) is 15.7. The molecule has 2 heterocycles. The van der Waals surface area contributed by atoms with E-state index in [1.807, 2.05) is 47.5 Å². The van der Waals surface area contributed by atoms with Crippen molar-refractivity contribution in [1.82, 2.24) is 9.47 Å². The zero-order valence-electron chi connectivity index (χ0n) is 17.9. The number of hydrogen-bond donors (Lipinski definition) is 0. The number of carbonyl (C=O) groups excluding carboxylic acids is 2. The maximum atomic E-state index is 13.1. The molecule has 162 valence electrons. The molecule has 0 aliphatic carbocycles. The van der Waals surface area contributed by atoms with E-state index in [9.17, 15) is 9.59 Å². The summed E-state index contributed by atoms with van der Waals surface area (Å²) < 4.78 is 12.4. The number of unbranched alkanes of at least 4 members (excludes halogenated alkanes) is 1. The summed E-state index contributed by atoms with van der Waals surface area (Å²) in [6.45, 7) is 3.32. The number of para-hydroxylation sites is 1. The van der Waals surface area contributed by atoms with Crippen molar-refractivity contribution in [2.24, 2.45) is 0 Å². The molecule has 0 spiro atoms. The smallest absolute Gasteiger partial charge is 0.337 e. The van der Waals surface area contributed by atoms with Gasteiger partial charge >= 0.3 is 5.97 Å². The Labute approximate surface area is 182 Å². The van der Waals surface area contributed by atoms with Crippen molar-refractivity contribution >= 4 is 22.8 Å². The number of benzene rings is 2. The third kappa shape index (κ3) is 4.80. The molecule has 0 atom stereocenters. The Hall–Kier alpha value is -3.12. The average molecular weight is 421 g/mol. The molecule has 1 aromatic heterocycles. The van der Waals surface area contributed by atoms with E-state index in [-0.39, 0.29) is 11.9 Å². The van der Waals surface area contributed by atoms with Gasteiger partial charge in [0.2, 0.25) is 0 Å². The van der Waals surface area contributed by atoms with E-state index < -0.39 is 0 Å². The number of morpholine rings is 1. The van der Waals surface area contributed by atoms with Crippen molar-refractivity contribution in [3.63, 3.8) is 0 Å². The highest BCUT2D eigenvalue weighted by Gasteiger charge is 2.22. The van der Waals surface area contributed by atoms with Gasteiger partial charge in [-0.1, -0.05) is 30.3 Å². The molecule has 6 nitrogen and oxygen atoms in total. The van der Waals surface area contributed by atoms with Crippen LogP contribution in [0.25, 0.3) is 10.9 Å². The van der Waals surface area contributed by atoms with Crippen LogP contribution < -0.4 is 0 Å². The van der Waals surface area contributed by atoms with E-state index in [4.69, 9.17) is 9.47 Å². The van der Waals surface area contributed by atoms with Gasteiger partial charge in [-0.05, 0) is 43.0 Å². The molecule has 1 saturated heterocycles. The topological polar surface area (TPSA) is 60.8 Å². The third-order valence-corrected chi connectivity index (χ3v) is 5.78. The lowest BCUT2D eigenvalue weighted by Gasteiger charge is -2.26. The molecule has 1 amide bonds. The molecule has 1 aliphatic rings. The average Bonchev–Trinajstić information content (AvgIpc) is 3.20. The van der Waals surface area contributed by atoms with Gasteiger partial charge in [-0.3, -0.25) is 4.79 Å². The number of ether oxygens (including phenoxy) is 2. The molecule has 0 radical (unpaired) electrons. The van der Waals surface area contributed by atoms with Crippen LogP contribution in [-0.2, 0) is 22.4 Å². The maximum Gasteiger partial charge on any atom is 0.337 e. The minimum Gasteiger partial charge on any atom is -0.465 e. The minimum absolute atomic E-state index is 0.0814. The van der Waals surface area contributed by atoms with Crippen molar-refractivity contribution < 1.29 is 19.1 Å². The lowest BCUT2D eigenvalue weighted by molar-refractivity contribution is 0.0304. The Morgan fingerprint density at radius 1 is 1.03 bits per heavy atom. The summed E-state index contributed by atoms with van der Waals surface area (Å²) >= 11 is 0. The Bertz CT molecular complexity index is 1070. The second kappa shape index (κ2) is 9.79. The van der Waals surface area contributed by atoms with E-state index in [0.717, 1.165) is 47.8 Å². The summed E-state index contributed by atoms with van der Waals surface area (Å²) in [6.07, 6.45) is 4.86. The molecule has 1 aliphatic heterocycles. The van der Waals surface area contributed by atoms with E-state index in [2.05, 4.69) is 10.6 Å². The molecule has 31 heavy (non-hydrogen) atoms. The van der Waals surface area contributed by atoms with Crippen LogP contribution >= 0.6 is 0 Å². The molecule has 0 bridgehead atoms. The van der Waals surface area contributed by atoms with Gasteiger partial charge in [0, 0.05) is 36.7 Å². The second-order valence-electron chi connectivity index (χ2n) is 7.81. The van der Waals surface area contributed by atoms with Crippen molar-refractivity contribution in [3.8, 4) is 0 Å². The first kappa shape index (κ1) is 21.1. The molecule has 0 saturated carbocycles. The number of methoxy groups -OCH3 is 1. The van der Waals surface area contributed by atoms with Gasteiger partial charge < -0.3 is 18.9 Å². The van der Waals surface area contributed by atoms with Gasteiger partial charge in [-0.25, -0.2) is 4.79 Å². The van der Waals surface area contributed by atoms with Crippen LogP contribution in [0.15, 0.2) is 54.7 Å². The number of hydrogen-bond acceptors (Lipinski definition) is 4. The zero-order valence-corrected chi connectivity index (χ0v) is 17.9. The molecule has 6 heteroatoms. The van der Waals surface area contributed by atoms with Crippen molar-refractivity contribution in [3.05, 3.63) is 71.4 Å². The number of amides is 1. The maximum absolute atomic E-state index is 13.1. The van der Waals surface area contributed by atoms with E-state index in [1.54, 1.807) is 6.07 Å². The van der Waals surface area contributed by atoms with Crippen LogP contribution in [0.4, 0.5) is 0 Å². The minimum atomic E-state index is -0.307. The number of rotatable bonds is 7. The highest BCUT2D eigenvalue weighted by atomic mass is 16.5. The van der Waals surface area contributed by atoms with Gasteiger partial charge in [-0.15, -0.1) is 0 Å². The highest BCUT2D eigenvalue weighted by Crippen LogP contribution is 2.24. The number of fused-ring (bicyclic) bond motifs is 1. The zero-order chi connectivity index (χ0) is 21.6. The molecule has 0 N–H and O–H groups in total. The summed E-state index contributed by atoms with van der Waals surface area (Å²) in [4.78, 5) is 26.7. The summed E-state index contributed by atoms with van der Waals surface area (Å²) in [5.74, 6) is -0.226. The number of aryl methyl sites for hydroxylation is 2. The monoisotopic (exact) mass is 420 g/mol. The van der Waals surface area contributed by atoms with E-state index in [1.165, 1.54) is 7.11 Å². The van der Waals surface area contributed by atoms with Crippen molar-refractivity contribution in [2.45, 2.75) is 25.8 Å². The first-order valence-electron chi connectivity index (χ1n) is 10.8. The Morgan fingerprint density at radius 2 is 1.84 bits per heavy atom. The highest BCUT2D eigenvalue weighted by molar-refractivity contribution is 6.07. The fourth-order valence-corrected chi connectivity index (χ4v) is 4.12. The van der Waals surface area contributed by atoms with E-state index >= 15 is 0 Å². The van der Waals surface area contributed by atoms with E-state index in [0.29, 0.717) is 31.9 Å². The third-order valence-electron chi connectivity index (χ3n) is 5.78. The van der Waals surface area contributed by atoms with Gasteiger partial charge in [0.05, 0.1) is 31.5 Å². The Morgan fingerprint density at radius 3 is 2.65 bits per heavy atom. The summed E-state index contributed by atoms with van der Waals surface area (Å²) in [5, 5.41) is 1.00. The largest absolute Gasteiger partial charge is 0.465 e. The Balaban J connectivity index is 1.42. The predicted molar refractivity (Wildman–Crippen MR) is 119 cm³/mol. The van der Waals surface area contributed by atoms with Crippen LogP contribution in [0.2, 0.25) is 0 Å². The predicted octanol–water partition coefficient (Wildman–Crippen LogP) is 3.92. The normalized spacial score (nSPS) is 14.0. The molecule has 4 rings (SSSR count). The first-order chi connectivity index (χ1) is 15.2. The number of aromatic nitrogens is 1. The molecular formula is C25H28N2O4. The van der Waals surface area contributed by atoms with Crippen LogP contribution in [-0.4, -0.2) is 54.8 Å². The fraction of sp³-hybridized carbons (Fsp3) is 0.360. The standard InChI is InChI=1S/C25H28N2O4/c1-30-25(29)20-9-6-8-19(17-20)7-4-5-12-27-18-22(21-10-2-3-11-23(21)27)24(28)26-13-15-31-16-14-26/h2-3,6,8-11,17-18H,4-5,7,12-16H2,1H3. The van der Waals surface area contributed by atoms with Gasteiger partial charge in [0.1, 0.15) is 0 Å². The van der Waals surface area contributed by atoms with Gasteiger partial charge in [0.25, 0.3) is 5.91 Å². The lowest BCUT2D eigenvalue weighted by atomic mass is 10.1. The first-order valence-corrected chi connectivity index (χ1v) is 10.8. The van der Waals surface area contributed by atoms with Crippen LogP contribution in [0.3, 0.4) is 0 Å². The van der Waals surface area contributed by atoms with Crippen LogP contribution in [0, 0.1) is 0 Å². The van der Waals surface area contributed by atoms with Crippen LogP contribution in [0.1, 0.15) is 39.1 Å². The second-order valence-corrected chi connectivity index (χ2v) is 7.81. The number of esters is 1. The molecule has 2 aromatic carbocycles. The molecule has 3 aromatic rings.